The van der Waals surface area contributed by atoms with Gasteiger partial charge in [-0.1, -0.05) is 12.1 Å². The third-order valence-electron chi connectivity index (χ3n) is 5.22. The summed E-state index contributed by atoms with van der Waals surface area (Å²) in [5.74, 6) is 1.71. The van der Waals surface area contributed by atoms with E-state index in [4.69, 9.17) is 4.74 Å². The van der Waals surface area contributed by atoms with Crippen LogP contribution in [0.15, 0.2) is 42.6 Å². The van der Waals surface area contributed by atoms with Crippen LogP contribution in [-0.2, 0) is 11.3 Å². The lowest BCUT2D eigenvalue weighted by Gasteiger charge is -2.36. The van der Waals surface area contributed by atoms with Gasteiger partial charge in [0.2, 0.25) is 0 Å². The van der Waals surface area contributed by atoms with Crippen LogP contribution in [0.25, 0.3) is 11.0 Å². The molecule has 2 atom stereocenters. The van der Waals surface area contributed by atoms with Crippen molar-refractivity contribution in [3.63, 3.8) is 0 Å². The molecule has 7 heteroatoms. The van der Waals surface area contributed by atoms with Gasteiger partial charge in [0.1, 0.15) is 11.6 Å². The van der Waals surface area contributed by atoms with Crippen LogP contribution in [0.1, 0.15) is 30.0 Å². The summed E-state index contributed by atoms with van der Waals surface area (Å²) in [5, 5.41) is 2.98. The number of imidazole rings is 1. The molecule has 2 aromatic heterocycles. The quantitative estimate of drug-likeness (QED) is 0.722. The Morgan fingerprint density at radius 1 is 1.17 bits per heavy atom. The predicted molar refractivity (Wildman–Crippen MR) is 113 cm³/mol. The first-order valence-corrected chi connectivity index (χ1v) is 10.1. The number of carbonyl (C=O) groups is 1. The van der Waals surface area contributed by atoms with Crippen molar-refractivity contribution in [1.29, 1.82) is 0 Å². The van der Waals surface area contributed by atoms with Crippen LogP contribution >= 0.6 is 0 Å². The van der Waals surface area contributed by atoms with Gasteiger partial charge in [-0.2, -0.15) is 0 Å². The average molecular weight is 393 g/mol. The van der Waals surface area contributed by atoms with Gasteiger partial charge in [0.05, 0.1) is 28.8 Å². The standard InChI is InChI=1S/C22H27N5O2/c1-15-13-26(14-16(2)29-15)21-9-8-18(12-24-21)22(28)23-10-11-27-17(3)25-19-6-4-5-7-20(19)27/h4-9,12,15-16H,10-11,13-14H2,1-3H3,(H,23,28). The van der Waals surface area contributed by atoms with E-state index in [2.05, 4.69) is 38.6 Å². The maximum Gasteiger partial charge on any atom is 0.252 e. The number of nitrogens with zero attached hydrogens (tertiary/aromatic N) is 4. The minimum absolute atomic E-state index is 0.116. The van der Waals surface area contributed by atoms with E-state index < -0.39 is 0 Å². The van der Waals surface area contributed by atoms with Crippen molar-refractivity contribution < 1.29 is 9.53 Å². The third kappa shape index (κ3) is 4.24. The molecule has 29 heavy (non-hydrogen) atoms. The van der Waals surface area contributed by atoms with Gasteiger partial charge in [-0.15, -0.1) is 0 Å². The number of hydrogen-bond donors (Lipinski definition) is 1. The van der Waals surface area contributed by atoms with Crippen molar-refractivity contribution in [1.82, 2.24) is 19.9 Å². The van der Waals surface area contributed by atoms with Crippen LogP contribution < -0.4 is 10.2 Å². The molecular weight excluding hydrogens is 366 g/mol. The van der Waals surface area contributed by atoms with Crippen molar-refractivity contribution in [3.8, 4) is 0 Å². The maximum atomic E-state index is 12.5. The second kappa shape index (κ2) is 8.21. The first-order chi connectivity index (χ1) is 14.0. The number of benzene rings is 1. The highest BCUT2D eigenvalue weighted by molar-refractivity contribution is 5.94. The number of aryl methyl sites for hydroxylation is 1. The SMILES string of the molecule is Cc1nc2ccccc2n1CCNC(=O)c1ccc(N2CC(C)OC(C)C2)nc1. The van der Waals surface area contributed by atoms with Gasteiger partial charge in [0.25, 0.3) is 5.91 Å². The lowest BCUT2D eigenvalue weighted by atomic mass is 10.2. The number of rotatable bonds is 5. The summed E-state index contributed by atoms with van der Waals surface area (Å²) in [6.45, 7) is 8.93. The van der Waals surface area contributed by atoms with Crippen molar-refractivity contribution in [2.45, 2.75) is 39.5 Å². The van der Waals surface area contributed by atoms with E-state index in [1.165, 1.54) is 0 Å². The molecule has 0 bridgehead atoms. The molecule has 4 rings (SSSR count). The topological polar surface area (TPSA) is 72.3 Å². The van der Waals surface area contributed by atoms with Gasteiger partial charge in [-0.3, -0.25) is 4.79 Å². The highest BCUT2D eigenvalue weighted by atomic mass is 16.5. The molecular formula is C22H27N5O2. The molecule has 3 heterocycles. The summed E-state index contributed by atoms with van der Waals surface area (Å²) < 4.78 is 7.89. The van der Waals surface area contributed by atoms with Gasteiger partial charge >= 0.3 is 0 Å². The Balaban J connectivity index is 1.36. The van der Waals surface area contributed by atoms with E-state index in [0.717, 1.165) is 35.8 Å². The van der Waals surface area contributed by atoms with Crippen LogP contribution in [0.2, 0.25) is 0 Å². The molecule has 0 aliphatic carbocycles. The molecule has 0 radical (unpaired) electrons. The van der Waals surface area contributed by atoms with Crippen molar-refractivity contribution in [2.24, 2.45) is 0 Å². The first kappa shape index (κ1) is 19.4. The van der Waals surface area contributed by atoms with Crippen LogP contribution in [0.3, 0.4) is 0 Å². The Bertz CT molecular complexity index is 988. The molecule has 1 fully saturated rings. The smallest absolute Gasteiger partial charge is 0.252 e. The number of fused-ring (bicyclic) bond motifs is 1. The fourth-order valence-electron chi connectivity index (χ4n) is 3.93. The van der Waals surface area contributed by atoms with Gasteiger partial charge in [0, 0.05) is 32.4 Å². The van der Waals surface area contributed by atoms with Gasteiger partial charge in [-0.05, 0) is 45.0 Å². The highest BCUT2D eigenvalue weighted by Gasteiger charge is 2.23. The Kier molecular flexibility index (Phi) is 5.49. The lowest BCUT2D eigenvalue weighted by molar-refractivity contribution is -0.00546. The summed E-state index contributed by atoms with van der Waals surface area (Å²) in [6, 6.07) is 11.8. The summed E-state index contributed by atoms with van der Waals surface area (Å²) in [4.78, 5) is 23.8. The van der Waals surface area contributed by atoms with Gasteiger partial charge in [-0.25, -0.2) is 9.97 Å². The number of amides is 1. The van der Waals surface area contributed by atoms with E-state index >= 15 is 0 Å². The van der Waals surface area contributed by atoms with Crippen LogP contribution in [0.5, 0.6) is 0 Å². The van der Waals surface area contributed by atoms with E-state index in [9.17, 15) is 4.79 Å². The zero-order valence-electron chi connectivity index (χ0n) is 17.1. The number of nitrogens with one attached hydrogen (secondary N) is 1. The number of pyridine rings is 1. The van der Waals surface area contributed by atoms with Crippen molar-refractivity contribution >= 4 is 22.8 Å². The highest BCUT2D eigenvalue weighted by Crippen LogP contribution is 2.18. The zero-order chi connectivity index (χ0) is 20.4. The number of carbonyl (C=O) groups excluding carboxylic acids is 1. The lowest BCUT2D eigenvalue weighted by Crippen LogP contribution is -2.45. The Morgan fingerprint density at radius 3 is 2.66 bits per heavy atom. The molecule has 1 N–H and O–H groups in total. The number of morpholine rings is 1. The van der Waals surface area contributed by atoms with E-state index in [-0.39, 0.29) is 18.1 Å². The van der Waals surface area contributed by atoms with E-state index in [1.807, 2.05) is 43.3 Å². The summed E-state index contributed by atoms with van der Waals surface area (Å²) in [7, 11) is 0. The number of aromatic nitrogens is 3. The number of hydrogen-bond acceptors (Lipinski definition) is 5. The Morgan fingerprint density at radius 2 is 1.93 bits per heavy atom. The summed E-state index contributed by atoms with van der Waals surface area (Å²) >= 11 is 0. The molecule has 1 aliphatic rings. The van der Waals surface area contributed by atoms with Crippen LogP contribution in [0, 0.1) is 6.92 Å². The molecule has 1 amide bonds. The fourth-order valence-corrected chi connectivity index (χ4v) is 3.93. The third-order valence-corrected chi connectivity index (χ3v) is 5.22. The number of para-hydroxylation sites is 2. The number of anilines is 1. The number of ether oxygens (including phenoxy) is 1. The molecule has 1 aromatic carbocycles. The molecule has 3 aromatic rings. The zero-order valence-corrected chi connectivity index (χ0v) is 17.1. The average Bonchev–Trinajstić information content (AvgIpc) is 3.02. The van der Waals surface area contributed by atoms with Crippen LogP contribution in [-0.4, -0.2) is 52.3 Å². The van der Waals surface area contributed by atoms with Crippen molar-refractivity contribution in [2.75, 3.05) is 24.5 Å². The Labute approximate surface area is 170 Å². The van der Waals surface area contributed by atoms with E-state index in [1.54, 1.807) is 6.20 Å². The second-order valence-electron chi connectivity index (χ2n) is 7.62. The second-order valence-corrected chi connectivity index (χ2v) is 7.62. The van der Waals surface area contributed by atoms with Gasteiger partial charge in [0.15, 0.2) is 0 Å². The van der Waals surface area contributed by atoms with Crippen LogP contribution in [0.4, 0.5) is 5.82 Å². The minimum Gasteiger partial charge on any atom is -0.372 e. The largest absolute Gasteiger partial charge is 0.372 e. The maximum absolute atomic E-state index is 12.5. The normalized spacial score (nSPS) is 19.5. The monoisotopic (exact) mass is 393 g/mol. The van der Waals surface area contributed by atoms with Crippen molar-refractivity contribution in [3.05, 3.63) is 54.0 Å². The predicted octanol–water partition coefficient (Wildman–Crippen LogP) is 2.78. The minimum atomic E-state index is -0.116. The first-order valence-electron chi connectivity index (χ1n) is 10.1. The molecule has 152 valence electrons. The molecule has 1 aliphatic heterocycles. The Hall–Kier alpha value is -2.93. The van der Waals surface area contributed by atoms with Gasteiger partial charge < -0.3 is 19.5 Å². The molecule has 0 spiro atoms. The van der Waals surface area contributed by atoms with E-state index in [0.29, 0.717) is 18.7 Å². The summed E-state index contributed by atoms with van der Waals surface area (Å²) in [6.07, 6.45) is 1.99. The molecule has 0 saturated carbocycles. The summed E-state index contributed by atoms with van der Waals surface area (Å²) in [5.41, 5.74) is 2.62. The molecule has 7 nitrogen and oxygen atoms in total. The molecule has 1 saturated heterocycles. The fraction of sp³-hybridized carbons (Fsp3) is 0.409. The molecule has 2 unspecified atom stereocenters.